The minimum Gasteiger partial charge on any atom is -0.354 e. The Morgan fingerprint density at radius 2 is 1.96 bits per heavy atom. The van der Waals surface area contributed by atoms with Gasteiger partial charge in [-0.1, -0.05) is 29.8 Å². The molecule has 0 aliphatic rings. The Bertz CT molecular complexity index is 839. The molecule has 3 rings (SSSR count). The van der Waals surface area contributed by atoms with E-state index in [1.54, 1.807) is 0 Å². The SMILES string of the molecule is Cc1cc(Cl)cc2c(CCCCN)c(-c3ccccc3I)[nH]c12. The van der Waals surface area contributed by atoms with E-state index in [4.69, 9.17) is 17.3 Å². The molecule has 3 aromatic rings. The molecule has 0 fully saturated rings. The van der Waals surface area contributed by atoms with E-state index < -0.39 is 0 Å². The lowest BCUT2D eigenvalue weighted by Gasteiger charge is -2.07. The van der Waals surface area contributed by atoms with Gasteiger partial charge >= 0.3 is 0 Å². The van der Waals surface area contributed by atoms with Gasteiger partial charge in [0.2, 0.25) is 0 Å². The van der Waals surface area contributed by atoms with Gasteiger partial charge in [0.1, 0.15) is 0 Å². The van der Waals surface area contributed by atoms with Gasteiger partial charge in [-0.15, -0.1) is 0 Å². The van der Waals surface area contributed by atoms with E-state index in [1.165, 1.54) is 36.9 Å². The Morgan fingerprint density at radius 3 is 2.70 bits per heavy atom. The van der Waals surface area contributed by atoms with Gasteiger partial charge in [0.05, 0.1) is 5.69 Å². The molecule has 2 nitrogen and oxygen atoms in total. The Hall–Kier alpha value is -1.04. The zero-order chi connectivity index (χ0) is 16.4. The third kappa shape index (κ3) is 3.42. The summed E-state index contributed by atoms with van der Waals surface area (Å²) >= 11 is 8.71. The number of aryl methyl sites for hydroxylation is 2. The second-order valence-electron chi connectivity index (χ2n) is 5.85. The average Bonchev–Trinajstić information content (AvgIpc) is 2.87. The van der Waals surface area contributed by atoms with Gasteiger partial charge < -0.3 is 10.7 Å². The van der Waals surface area contributed by atoms with Crippen molar-refractivity contribution in [3.05, 3.63) is 56.1 Å². The number of rotatable bonds is 5. The number of unbranched alkanes of at least 4 members (excludes halogenated alkanes) is 1. The van der Waals surface area contributed by atoms with E-state index >= 15 is 0 Å². The van der Waals surface area contributed by atoms with Gasteiger partial charge in [-0.3, -0.25) is 0 Å². The molecule has 23 heavy (non-hydrogen) atoms. The molecule has 4 heteroatoms. The zero-order valence-electron chi connectivity index (χ0n) is 13.1. The highest BCUT2D eigenvalue weighted by Crippen LogP contribution is 2.36. The minimum atomic E-state index is 0.736. The van der Waals surface area contributed by atoms with Crippen molar-refractivity contribution < 1.29 is 0 Å². The van der Waals surface area contributed by atoms with E-state index in [-0.39, 0.29) is 0 Å². The van der Waals surface area contributed by atoms with Crippen LogP contribution < -0.4 is 5.73 Å². The molecular formula is C19H20ClIN2. The molecule has 0 spiro atoms. The minimum absolute atomic E-state index is 0.736. The van der Waals surface area contributed by atoms with E-state index in [0.717, 1.165) is 30.8 Å². The summed E-state index contributed by atoms with van der Waals surface area (Å²) in [7, 11) is 0. The number of benzene rings is 2. The lowest BCUT2D eigenvalue weighted by molar-refractivity contribution is 0.748. The molecule has 2 aromatic carbocycles. The summed E-state index contributed by atoms with van der Waals surface area (Å²) in [5.74, 6) is 0. The Morgan fingerprint density at radius 1 is 1.17 bits per heavy atom. The number of halogens is 2. The molecule has 0 bridgehead atoms. The number of nitrogens with two attached hydrogens (primary N) is 1. The van der Waals surface area contributed by atoms with Crippen LogP contribution in [0.3, 0.4) is 0 Å². The van der Waals surface area contributed by atoms with Crippen LogP contribution in [0, 0.1) is 10.5 Å². The van der Waals surface area contributed by atoms with Crippen LogP contribution in [0.15, 0.2) is 36.4 Å². The maximum Gasteiger partial charge on any atom is 0.0508 e. The molecule has 0 aliphatic heterocycles. The second-order valence-corrected chi connectivity index (χ2v) is 7.45. The summed E-state index contributed by atoms with van der Waals surface area (Å²) in [5, 5.41) is 2.03. The second kappa shape index (κ2) is 7.24. The van der Waals surface area contributed by atoms with Gasteiger partial charge in [-0.2, -0.15) is 0 Å². The first-order chi connectivity index (χ1) is 11.1. The molecule has 0 saturated carbocycles. The van der Waals surface area contributed by atoms with Crippen LogP contribution in [0.2, 0.25) is 5.02 Å². The molecule has 0 saturated heterocycles. The number of fused-ring (bicyclic) bond motifs is 1. The summed E-state index contributed by atoms with van der Waals surface area (Å²) < 4.78 is 1.25. The van der Waals surface area contributed by atoms with Crippen LogP contribution in [-0.4, -0.2) is 11.5 Å². The van der Waals surface area contributed by atoms with Gasteiger partial charge in [-0.05, 0) is 84.6 Å². The third-order valence-electron chi connectivity index (χ3n) is 4.20. The van der Waals surface area contributed by atoms with Crippen molar-refractivity contribution in [2.24, 2.45) is 5.73 Å². The highest BCUT2D eigenvalue weighted by molar-refractivity contribution is 14.1. The molecule has 0 amide bonds. The number of aromatic nitrogens is 1. The van der Waals surface area contributed by atoms with Crippen LogP contribution >= 0.6 is 34.2 Å². The van der Waals surface area contributed by atoms with Crippen LogP contribution in [0.4, 0.5) is 0 Å². The first kappa shape index (κ1) is 16.8. The van der Waals surface area contributed by atoms with Crippen molar-refractivity contribution >= 4 is 45.1 Å². The molecule has 0 aliphatic carbocycles. The van der Waals surface area contributed by atoms with Crippen LogP contribution in [0.5, 0.6) is 0 Å². The fourth-order valence-electron chi connectivity index (χ4n) is 3.08. The standard InChI is InChI=1S/C19H20ClIN2/c1-12-10-13(20)11-16-14(6-4-5-9-22)19(23-18(12)16)15-7-2-3-8-17(15)21/h2-3,7-8,10-11,23H,4-6,9,22H2,1H3. The van der Waals surface area contributed by atoms with Crippen LogP contribution in [0.25, 0.3) is 22.2 Å². The Balaban J connectivity index is 2.21. The number of nitrogens with one attached hydrogen (secondary N) is 1. The molecule has 1 heterocycles. The summed E-state index contributed by atoms with van der Waals surface area (Å²) in [6, 6.07) is 12.6. The van der Waals surface area contributed by atoms with Crippen molar-refractivity contribution in [2.75, 3.05) is 6.54 Å². The highest BCUT2D eigenvalue weighted by Gasteiger charge is 2.16. The summed E-state index contributed by atoms with van der Waals surface area (Å²) in [6.07, 6.45) is 3.14. The number of aromatic amines is 1. The average molecular weight is 439 g/mol. The number of H-pyrrole nitrogens is 1. The maximum atomic E-state index is 6.31. The lowest BCUT2D eigenvalue weighted by Crippen LogP contribution is -1.99. The lowest BCUT2D eigenvalue weighted by atomic mass is 9.99. The van der Waals surface area contributed by atoms with Crippen molar-refractivity contribution in [1.29, 1.82) is 0 Å². The third-order valence-corrected chi connectivity index (χ3v) is 5.36. The molecule has 1 aromatic heterocycles. The highest BCUT2D eigenvalue weighted by atomic mass is 127. The van der Waals surface area contributed by atoms with E-state index in [9.17, 15) is 0 Å². The van der Waals surface area contributed by atoms with Crippen molar-refractivity contribution in [2.45, 2.75) is 26.2 Å². The Kier molecular flexibility index (Phi) is 5.29. The molecule has 3 N–H and O–H groups in total. The quantitative estimate of drug-likeness (QED) is 0.390. The number of hydrogen-bond acceptors (Lipinski definition) is 1. The van der Waals surface area contributed by atoms with E-state index in [2.05, 4.69) is 64.8 Å². The molecule has 0 radical (unpaired) electrons. The fraction of sp³-hybridized carbons (Fsp3) is 0.263. The van der Waals surface area contributed by atoms with Gasteiger partial charge in [-0.25, -0.2) is 0 Å². The smallest absolute Gasteiger partial charge is 0.0508 e. The fourth-order valence-corrected chi connectivity index (χ4v) is 4.01. The van der Waals surface area contributed by atoms with Gasteiger partial charge in [0, 0.05) is 25.1 Å². The maximum absolute atomic E-state index is 6.31. The van der Waals surface area contributed by atoms with Gasteiger partial charge in [0.25, 0.3) is 0 Å². The largest absolute Gasteiger partial charge is 0.354 e. The Labute approximate surface area is 155 Å². The first-order valence-corrected chi connectivity index (χ1v) is 9.33. The van der Waals surface area contributed by atoms with Crippen LogP contribution in [0.1, 0.15) is 24.0 Å². The summed E-state index contributed by atoms with van der Waals surface area (Å²) in [4.78, 5) is 3.65. The monoisotopic (exact) mass is 438 g/mol. The summed E-state index contributed by atoms with van der Waals surface area (Å²) in [5.41, 5.74) is 11.9. The predicted molar refractivity (Wildman–Crippen MR) is 108 cm³/mol. The predicted octanol–water partition coefficient (Wildman–Crippen LogP) is 5.68. The summed E-state index contributed by atoms with van der Waals surface area (Å²) in [6.45, 7) is 2.84. The zero-order valence-corrected chi connectivity index (χ0v) is 16.0. The van der Waals surface area contributed by atoms with E-state index in [0.29, 0.717) is 0 Å². The topological polar surface area (TPSA) is 41.8 Å². The molecule has 120 valence electrons. The molecule has 0 atom stereocenters. The van der Waals surface area contributed by atoms with Crippen molar-refractivity contribution in [1.82, 2.24) is 4.98 Å². The van der Waals surface area contributed by atoms with Crippen molar-refractivity contribution in [3.63, 3.8) is 0 Å². The molecule has 0 unspecified atom stereocenters. The van der Waals surface area contributed by atoms with E-state index in [1.807, 2.05) is 6.07 Å². The van der Waals surface area contributed by atoms with Gasteiger partial charge in [0.15, 0.2) is 0 Å². The van der Waals surface area contributed by atoms with Crippen LogP contribution in [-0.2, 0) is 6.42 Å². The normalized spacial score (nSPS) is 11.3. The number of hydrogen-bond donors (Lipinski definition) is 2. The van der Waals surface area contributed by atoms with Crippen molar-refractivity contribution in [3.8, 4) is 11.3 Å². The first-order valence-electron chi connectivity index (χ1n) is 7.87. The molecular weight excluding hydrogens is 419 g/mol.